The van der Waals surface area contributed by atoms with Gasteiger partial charge in [0, 0.05) is 4.88 Å². The van der Waals surface area contributed by atoms with Crippen LogP contribution in [0.1, 0.15) is 30.0 Å². The Kier molecular flexibility index (Phi) is 3.70. The van der Waals surface area contributed by atoms with Crippen LogP contribution in [-0.2, 0) is 0 Å². The van der Waals surface area contributed by atoms with Crippen molar-refractivity contribution in [1.82, 2.24) is 0 Å². The van der Waals surface area contributed by atoms with E-state index in [4.69, 9.17) is 23.2 Å². The van der Waals surface area contributed by atoms with Gasteiger partial charge in [-0.05, 0) is 17.9 Å². The molecule has 62 valence electrons. The van der Waals surface area contributed by atoms with Gasteiger partial charge in [-0.15, -0.1) is 22.9 Å². The summed E-state index contributed by atoms with van der Waals surface area (Å²) in [5, 5.41) is 2.89. The Bertz CT molecular complexity index is 220. The van der Waals surface area contributed by atoms with E-state index in [9.17, 15) is 0 Å². The minimum atomic E-state index is 0.104. The third-order valence-electron chi connectivity index (χ3n) is 1.47. The molecule has 0 amide bonds. The van der Waals surface area contributed by atoms with Crippen molar-refractivity contribution in [2.45, 2.75) is 25.1 Å². The van der Waals surface area contributed by atoms with Crippen molar-refractivity contribution in [3.8, 4) is 0 Å². The van der Waals surface area contributed by atoms with Crippen molar-refractivity contribution >= 4 is 34.5 Å². The summed E-state index contributed by atoms with van der Waals surface area (Å²) in [5.74, 6) is 0. The second kappa shape index (κ2) is 4.34. The molecule has 1 unspecified atom stereocenters. The van der Waals surface area contributed by atoms with Gasteiger partial charge in [-0.3, -0.25) is 0 Å². The summed E-state index contributed by atoms with van der Waals surface area (Å²) in [7, 11) is 0. The molecule has 3 heteroatoms. The van der Waals surface area contributed by atoms with E-state index < -0.39 is 0 Å². The Morgan fingerprint density at radius 3 is 2.82 bits per heavy atom. The molecule has 1 atom stereocenters. The van der Waals surface area contributed by atoms with Crippen LogP contribution in [0.5, 0.6) is 0 Å². The lowest BCUT2D eigenvalue weighted by atomic mass is 10.2. The SMILES string of the molecule is CCCC(Cl)c1sccc1Cl. The number of alkyl halides is 1. The topological polar surface area (TPSA) is 0 Å². The van der Waals surface area contributed by atoms with E-state index in [0.29, 0.717) is 0 Å². The second-order valence-electron chi connectivity index (χ2n) is 2.39. The number of thiophene rings is 1. The standard InChI is InChI=1S/C8H10Cl2S/c1-2-3-6(9)8-7(10)4-5-11-8/h4-6H,2-3H2,1H3. The predicted molar refractivity (Wildman–Crippen MR) is 52.8 cm³/mol. The minimum absolute atomic E-state index is 0.104. The minimum Gasteiger partial charge on any atom is -0.146 e. The predicted octanol–water partition coefficient (Wildman–Crippen LogP) is 4.48. The average Bonchev–Trinajstić information content (AvgIpc) is 2.36. The number of halogens is 2. The third-order valence-corrected chi connectivity index (χ3v) is 3.51. The van der Waals surface area contributed by atoms with Crippen molar-refractivity contribution < 1.29 is 0 Å². The first-order valence-corrected chi connectivity index (χ1v) is 5.32. The highest BCUT2D eigenvalue weighted by Gasteiger charge is 2.11. The van der Waals surface area contributed by atoms with Crippen molar-refractivity contribution in [2.24, 2.45) is 0 Å². The highest BCUT2D eigenvalue weighted by atomic mass is 35.5. The number of rotatable bonds is 3. The largest absolute Gasteiger partial charge is 0.146 e. The van der Waals surface area contributed by atoms with Crippen LogP contribution < -0.4 is 0 Å². The summed E-state index contributed by atoms with van der Waals surface area (Å²) in [5.41, 5.74) is 0. The van der Waals surface area contributed by atoms with Gasteiger partial charge in [-0.2, -0.15) is 0 Å². The molecular formula is C8H10Cl2S. The molecular weight excluding hydrogens is 199 g/mol. The molecule has 0 nitrogen and oxygen atoms in total. The first-order valence-electron chi connectivity index (χ1n) is 3.62. The van der Waals surface area contributed by atoms with Crippen molar-refractivity contribution in [1.29, 1.82) is 0 Å². The molecule has 0 aliphatic rings. The molecule has 1 heterocycles. The van der Waals surface area contributed by atoms with E-state index in [1.807, 2.05) is 11.4 Å². The average molecular weight is 209 g/mol. The summed E-state index contributed by atoms with van der Waals surface area (Å²) in [6, 6.07) is 1.90. The van der Waals surface area contributed by atoms with Crippen LogP contribution in [-0.4, -0.2) is 0 Å². The molecule has 0 bridgehead atoms. The van der Waals surface area contributed by atoms with Crippen molar-refractivity contribution in [3.05, 3.63) is 21.3 Å². The molecule has 0 spiro atoms. The summed E-state index contributed by atoms with van der Waals surface area (Å²) < 4.78 is 0. The van der Waals surface area contributed by atoms with E-state index in [2.05, 4.69) is 6.92 Å². The first-order chi connectivity index (χ1) is 5.25. The summed E-state index contributed by atoms with van der Waals surface area (Å²) in [6.45, 7) is 2.12. The Balaban J connectivity index is 2.67. The van der Waals surface area contributed by atoms with Gasteiger partial charge in [0.1, 0.15) is 0 Å². The van der Waals surface area contributed by atoms with E-state index in [0.717, 1.165) is 22.7 Å². The summed E-state index contributed by atoms with van der Waals surface area (Å²) in [4.78, 5) is 1.11. The van der Waals surface area contributed by atoms with Crippen LogP contribution in [0.2, 0.25) is 5.02 Å². The Morgan fingerprint density at radius 1 is 1.64 bits per heavy atom. The lowest BCUT2D eigenvalue weighted by Gasteiger charge is -2.04. The zero-order valence-corrected chi connectivity index (χ0v) is 8.64. The van der Waals surface area contributed by atoms with Crippen molar-refractivity contribution in [2.75, 3.05) is 0 Å². The second-order valence-corrected chi connectivity index (χ2v) is 4.27. The molecule has 0 N–H and O–H groups in total. The molecule has 0 aromatic carbocycles. The molecule has 0 saturated heterocycles. The zero-order valence-electron chi connectivity index (χ0n) is 6.31. The maximum absolute atomic E-state index is 6.08. The fourth-order valence-electron chi connectivity index (χ4n) is 0.913. The van der Waals surface area contributed by atoms with Gasteiger partial charge in [-0.25, -0.2) is 0 Å². The Labute approximate surface area is 81.1 Å². The molecule has 0 fully saturated rings. The molecule has 1 aromatic rings. The van der Waals surface area contributed by atoms with E-state index >= 15 is 0 Å². The van der Waals surface area contributed by atoms with E-state index in [1.54, 1.807) is 11.3 Å². The van der Waals surface area contributed by atoms with Gasteiger partial charge in [-0.1, -0.05) is 24.9 Å². The fraction of sp³-hybridized carbons (Fsp3) is 0.500. The van der Waals surface area contributed by atoms with Crippen LogP contribution in [0.3, 0.4) is 0 Å². The fourth-order valence-corrected chi connectivity index (χ4v) is 2.66. The van der Waals surface area contributed by atoms with Gasteiger partial charge in [0.05, 0.1) is 10.4 Å². The zero-order chi connectivity index (χ0) is 8.27. The normalized spacial score (nSPS) is 13.4. The van der Waals surface area contributed by atoms with Gasteiger partial charge < -0.3 is 0 Å². The Morgan fingerprint density at radius 2 is 2.36 bits per heavy atom. The van der Waals surface area contributed by atoms with Crippen LogP contribution in [0.4, 0.5) is 0 Å². The first kappa shape index (κ1) is 9.37. The van der Waals surface area contributed by atoms with Gasteiger partial charge in [0.15, 0.2) is 0 Å². The molecule has 1 aromatic heterocycles. The van der Waals surface area contributed by atoms with E-state index in [1.165, 1.54) is 0 Å². The van der Waals surface area contributed by atoms with Crippen LogP contribution in [0.25, 0.3) is 0 Å². The van der Waals surface area contributed by atoms with Gasteiger partial charge >= 0.3 is 0 Å². The Hall–Kier alpha value is 0.280. The van der Waals surface area contributed by atoms with Crippen LogP contribution in [0.15, 0.2) is 11.4 Å². The van der Waals surface area contributed by atoms with Gasteiger partial charge in [0.25, 0.3) is 0 Å². The molecule has 0 radical (unpaired) electrons. The highest BCUT2D eigenvalue weighted by Crippen LogP contribution is 2.35. The monoisotopic (exact) mass is 208 g/mol. The molecule has 1 rings (SSSR count). The molecule has 0 aliphatic carbocycles. The van der Waals surface area contributed by atoms with Crippen LogP contribution in [0, 0.1) is 0 Å². The summed E-state index contributed by atoms with van der Waals surface area (Å²) in [6.07, 6.45) is 2.10. The molecule has 0 aliphatic heterocycles. The third kappa shape index (κ3) is 2.36. The van der Waals surface area contributed by atoms with Crippen molar-refractivity contribution in [3.63, 3.8) is 0 Å². The number of hydrogen-bond acceptors (Lipinski definition) is 1. The number of hydrogen-bond donors (Lipinski definition) is 0. The highest BCUT2D eigenvalue weighted by molar-refractivity contribution is 7.11. The maximum atomic E-state index is 6.08. The van der Waals surface area contributed by atoms with E-state index in [-0.39, 0.29) is 5.38 Å². The van der Waals surface area contributed by atoms with Gasteiger partial charge in [0.2, 0.25) is 0 Å². The van der Waals surface area contributed by atoms with Crippen LogP contribution >= 0.6 is 34.5 Å². The maximum Gasteiger partial charge on any atom is 0.0693 e. The quantitative estimate of drug-likeness (QED) is 0.643. The lowest BCUT2D eigenvalue weighted by molar-refractivity contribution is 0.780. The lowest BCUT2D eigenvalue weighted by Crippen LogP contribution is -1.85. The smallest absolute Gasteiger partial charge is 0.0693 e. The molecule has 11 heavy (non-hydrogen) atoms. The summed E-state index contributed by atoms with van der Waals surface area (Å²) >= 11 is 13.6. The molecule has 0 saturated carbocycles.